The molecule has 0 radical (unpaired) electrons. The van der Waals surface area contributed by atoms with Crippen LogP contribution in [0.3, 0.4) is 0 Å². The summed E-state index contributed by atoms with van der Waals surface area (Å²) in [6.07, 6.45) is 13.0. The number of esters is 2. The second-order valence-corrected chi connectivity index (χ2v) is 6.62. The van der Waals surface area contributed by atoms with Gasteiger partial charge in [0.1, 0.15) is 6.04 Å². The molecular weight excluding hydrogens is 400 g/mol. The van der Waals surface area contributed by atoms with Crippen molar-refractivity contribution < 1.29 is 24.2 Å². The number of aliphatic carboxylic acids is 1. The van der Waals surface area contributed by atoms with Crippen LogP contribution in [0.2, 0.25) is 0 Å². The minimum absolute atomic E-state index is 0. The van der Waals surface area contributed by atoms with Crippen molar-refractivity contribution in [2.45, 2.75) is 103 Å². The molecule has 0 aliphatic carbocycles. The molecule has 1 unspecified atom stereocenters. The average molecular weight is 438 g/mol. The SMILES string of the molecule is CCCCCCCCCCCCCC(=O)OC(=O)C(N)CCC(=O)O.[KH].[KH]. The molecule has 0 aromatic heterocycles. The standard InChI is InChI=1S/C19H35NO5.2K.2H/c1-2-3-4-5-6-7-8-9-10-11-12-13-18(23)25-19(24)16(20)14-15-17(21)22;;;;/h16H,2-15,20H2,1H3,(H,21,22);;;;. The number of ether oxygens (including phenoxy) is 1. The van der Waals surface area contributed by atoms with Crippen molar-refractivity contribution in [1.82, 2.24) is 0 Å². The predicted molar refractivity (Wildman–Crippen MR) is 111 cm³/mol. The number of carboxylic acid groups (broad SMARTS) is 1. The van der Waals surface area contributed by atoms with Gasteiger partial charge in [0.2, 0.25) is 0 Å². The van der Waals surface area contributed by atoms with Gasteiger partial charge in [-0.2, -0.15) is 0 Å². The average Bonchev–Trinajstić information content (AvgIpc) is 2.57. The van der Waals surface area contributed by atoms with Crippen molar-refractivity contribution in [2.75, 3.05) is 0 Å². The Kier molecular flexibility index (Phi) is 29.9. The summed E-state index contributed by atoms with van der Waals surface area (Å²) in [4.78, 5) is 33.4. The van der Waals surface area contributed by atoms with Gasteiger partial charge in [-0.15, -0.1) is 0 Å². The summed E-state index contributed by atoms with van der Waals surface area (Å²) in [5, 5.41) is 8.52. The van der Waals surface area contributed by atoms with E-state index < -0.39 is 23.9 Å². The van der Waals surface area contributed by atoms with Gasteiger partial charge < -0.3 is 15.6 Å². The monoisotopic (exact) mass is 437 g/mol. The van der Waals surface area contributed by atoms with E-state index in [4.69, 9.17) is 10.8 Å². The summed E-state index contributed by atoms with van der Waals surface area (Å²) < 4.78 is 4.64. The molecule has 1 atom stereocenters. The maximum atomic E-state index is 11.5. The Morgan fingerprint density at radius 3 is 1.70 bits per heavy atom. The van der Waals surface area contributed by atoms with Crippen LogP contribution in [0, 0.1) is 0 Å². The summed E-state index contributed by atoms with van der Waals surface area (Å²) in [5.74, 6) is -2.45. The van der Waals surface area contributed by atoms with Crippen molar-refractivity contribution >= 4 is 121 Å². The van der Waals surface area contributed by atoms with Gasteiger partial charge in [-0.05, 0) is 12.8 Å². The molecule has 0 heterocycles. The molecule has 0 fully saturated rings. The zero-order valence-corrected chi connectivity index (χ0v) is 15.6. The maximum absolute atomic E-state index is 11.5. The summed E-state index contributed by atoms with van der Waals surface area (Å²) in [6, 6.07) is -1.06. The van der Waals surface area contributed by atoms with E-state index in [1.165, 1.54) is 51.4 Å². The number of rotatable bonds is 16. The van der Waals surface area contributed by atoms with Crippen LogP contribution in [0.25, 0.3) is 0 Å². The first-order chi connectivity index (χ1) is 12.0. The van der Waals surface area contributed by atoms with E-state index in [-0.39, 0.29) is 122 Å². The molecule has 0 rings (SSSR count). The first-order valence-electron chi connectivity index (χ1n) is 9.69. The predicted octanol–water partition coefficient (Wildman–Crippen LogP) is 2.65. The van der Waals surface area contributed by atoms with E-state index in [0.717, 1.165) is 12.8 Å². The van der Waals surface area contributed by atoms with Gasteiger partial charge in [-0.25, -0.2) is 4.79 Å². The fourth-order valence-corrected chi connectivity index (χ4v) is 2.57. The van der Waals surface area contributed by atoms with Crippen LogP contribution in [0.4, 0.5) is 0 Å². The molecule has 0 aromatic rings. The second kappa shape index (κ2) is 24.1. The van der Waals surface area contributed by atoms with E-state index in [2.05, 4.69) is 11.7 Å². The molecule has 8 heteroatoms. The van der Waals surface area contributed by atoms with Gasteiger partial charge in [-0.3, -0.25) is 9.59 Å². The Morgan fingerprint density at radius 1 is 0.815 bits per heavy atom. The molecule has 0 spiro atoms. The topological polar surface area (TPSA) is 107 Å². The van der Waals surface area contributed by atoms with Gasteiger partial charge in [-0.1, -0.05) is 71.1 Å². The number of nitrogens with two attached hydrogens (primary N) is 1. The van der Waals surface area contributed by atoms with Crippen LogP contribution in [0.15, 0.2) is 0 Å². The molecule has 3 N–H and O–H groups in total. The van der Waals surface area contributed by atoms with Crippen LogP contribution >= 0.6 is 0 Å². The molecule has 27 heavy (non-hydrogen) atoms. The molecule has 0 saturated carbocycles. The Hall–Kier alpha value is 1.84. The Morgan fingerprint density at radius 2 is 1.26 bits per heavy atom. The van der Waals surface area contributed by atoms with Crippen molar-refractivity contribution in [1.29, 1.82) is 0 Å². The zero-order valence-electron chi connectivity index (χ0n) is 15.6. The third-order valence-corrected chi connectivity index (χ3v) is 4.17. The molecule has 0 aliphatic heterocycles. The number of carbonyl (C=O) groups excluding carboxylic acids is 2. The summed E-state index contributed by atoms with van der Waals surface area (Å²) in [7, 11) is 0. The molecule has 150 valence electrons. The van der Waals surface area contributed by atoms with Crippen LogP contribution in [-0.4, -0.2) is 132 Å². The second-order valence-electron chi connectivity index (χ2n) is 6.62. The van der Waals surface area contributed by atoms with Gasteiger partial charge in [0.05, 0.1) is 0 Å². The van der Waals surface area contributed by atoms with E-state index >= 15 is 0 Å². The summed E-state index contributed by atoms with van der Waals surface area (Å²) in [6.45, 7) is 2.22. The Balaban J connectivity index is -0.00000288. The van der Waals surface area contributed by atoms with Crippen LogP contribution < -0.4 is 5.73 Å². The normalized spacial score (nSPS) is 11.0. The van der Waals surface area contributed by atoms with E-state index in [1.54, 1.807) is 0 Å². The number of carbonyl (C=O) groups is 3. The van der Waals surface area contributed by atoms with E-state index in [0.29, 0.717) is 6.42 Å². The third kappa shape index (κ3) is 24.0. The molecule has 0 saturated heterocycles. The van der Waals surface area contributed by atoms with Crippen molar-refractivity contribution in [3.05, 3.63) is 0 Å². The summed E-state index contributed by atoms with van der Waals surface area (Å²) in [5.41, 5.74) is 5.48. The first kappa shape index (κ1) is 33.5. The molecule has 0 bridgehead atoms. The number of unbranched alkanes of at least 4 members (excludes halogenated alkanes) is 10. The minimum atomic E-state index is -1.06. The van der Waals surface area contributed by atoms with Crippen molar-refractivity contribution in [3.8, 4) is 0 Å². The Bertz CT molecular complexity index is 394. The van der Waals surface area contributed by atoms with Gasteiger partial charge in [0.25, 0.3) is 0 Å². The van der Waals surface area contributed by atoms with Gasteiger partial charge >= 0.3 is 121 Å². The zero-order chi connectivity index (χ0) is 18.9. The van der Waals surface area contributed by atoms with Gasteiger partial charge in [0, 0.05) is 12.8 Å². The van der Waals surface area contributed by atoms with Crippen LogP contribution in [-0.2, 0) is 19.1 Å². The molecule has 0 aromatic carbocycles. The van der Waals surface area contributed by atoms with Crippen LogP contribution in [0.1, 0.15) is 96.8 Å². The Labute approximate surface area is 249 Å². The fourth-order valence-electron chi connectivity index (χ4n) is 2.57. The van der Waals surface area contributed by atoms with Gasteiger partial charge in [0.15, 0.2) is 0 Å². The molecule has 6 nitrogen and oxygen atoms in total. The van der Waals surface area contributed by atoms with Crippen molar-refractivity contribution in [2.24, 2.45) is 5.73 Å². The quantitative estimate of drug-likeness (QED) is 0.166. The molecule has 0 amide bonds. The van der Waals surface area contributed by atoms with Crippen LogP contribution in [0.5, 0.6) is 0 Å². The number of hydrogen-bond acceptors (Lipinski definition) is 5. The van der Waals surface area contributed by atoms with E-state index in [1.807, 2.05) is 0 Å². The third-order valence-electron chi connectivity index (χ3n) is 4.17. The van der Waals surface area contributed by atoms with E-state index in [9.17, 15) is 14.4 Å². The summed E-state index contributed by atoms with van der Waals surface area (Å²) >= 11 is 0. The number of carboxylic acids is 1. The fraction of sp³-hybridized carbons (Fsp3) is 0.842. The number of hydrogen-bond donors (Lipinski definition) is 2. The van der Waals surface area contributed by atoms with Crippen molar-refractivity contribution in [3.63, 3.8) is 0 Å². The molecule has 0 aliphatic rings. The first-order valence-corrected chi connectivity index (χ1v) is 9.69. The molecular formula is C19H37K2NO5.